The summed E-state index contributed by atoms with van der Waals surface area (Å²) in [6, 6.07) is 22.1. The monoisotopic (exact) mass is 309 g/mol. The molecule has 0 aliphatic carbocycles. The minimum absolute atomic E-state index is 0.553. The van der Waals surface area contributed by atoms with Crippen LogP contribution in [0.5, 0.6) is 0 Å². The summed E-state index contributed by atoms with van der Waals surface area (Å²) < 4.78 is 0. The minimum Gasteiger partial charge on any atom is -0.330 e. The fraction of sp³-hybridized carbons (Fsp3) is 0.400. The van der Waals surface area contributed by atoms with Crippen LogP contribution in [0.2, 0.25) is 0 Å². The van der Waals surface area contributed by atoms with E-state index in [4.69, 9.17) is 5.73 Å². The summed E-state index contributed by atoms with van der Waals surface area (Å²) in [5, 5.41) is 0. The lowest BCUT2D eigenvalue weighted by atomic mass is 10.1. The molecule has 2 aromatic carbocycles. The Morgan fingerprint density at radius 2 is 1.43 bits per heavy atom. The number of nitrogens with two attached hydrogens (primary N) is 1. The van der Waals surface area contributed by atoms with E-state index in [1.807, 2.05) is 0 Å². The highest BCUT2D eigenvalue weighted by Crippen LogP contribution is 2.18. The molecule has 122 valence electrons. The van der Waals surface area contributed by atoms with Crippen LogP contribution in [-0.4, -0.2) is 42.0 Å². The Kier molecular flexibility index (Phi) is 5.81. The van der Waals surface area contributed by atoms with Crippen molar-refractivity contribution in [3.05, 3.63) is 71.8 Å². The van der Waals surface area contributed by atoms with Gasteiger partial charge in [0, 0.05) is 38.8 Å². The zero-order valence-corrected chi connectivity index (χ0v) is 13.8. The molecule has 1 fully saturated rings. The molecule has 1 atom stereocenters. The summed E-state index contributed by atoms with van der Waals surface area (Å²) in [6.07, 6.45) is 1.07. The second kappa shape index (κ2) is 8.25. The molecule has 0 spiro atoms. The van der Waals surface area contributed by atoms with Crippen LogP contribution in [0.15, 0.2) is 60.7 Å². The van der Waals surface area contributed by atoms with Crippen LogP contribution in [-0.2, 0) is 13.1 Å². The van der Waals surface area contributed by atoms with Crippen molar-refractivity contribution in [2.24, 2.45) is 5.73 Å². The molecule has 3 nitrogen and oxygen atoms in total. The second-order valence-corrected chi connectivity index (χ2v) is 6.41. The molecule has 0 bridgehead atoms. The molecule has 2 aromatic rings. The summed E-state index contributed by atoms with van der Waals surface area (Å²) in [6.45, 7) is 6.19. The van der Waals surface area contributed by atoms with Crippen molar-refractivity contribution in [1.82, 2.24) is 9.80 Å². The van der Waals surface area contributed by atoms with E-state index in [1.165, 1.54) is 11.1 Å². The van der Waals surface area contributed by atoms with Crippen molar-refractivity contribution in [1.29, 1.82) is 0 Å². The van der Waals surface area contributed by atoms with Crippen molar-refractivity contribution in [3.63, 3.8) is 0 Å². The molecule has 2 N–H and O–H groups in total. The average Bonchev–Trinajstić information content (AvgIpc) is 2.59. The van der Waals surface area contributed by atoms with E-state index in [9.17, 15) is 0 Å². The minimum atomic E-state index is 0.553. The van der Waals surface area contributed by atoms with Gasteiger partial charge in [0.25, 0.3) is 0 Å². The maximum absolute atomic E-state index is 5.87. The third-order valence-electron chi connectivity index (χ3n) is 4.67. The number of piperazine rings is 1. The molecular weight excluding hydrogens is 282 g/mol. The molecule has 0 radical (unpaired) electrons. The Bertz CT molecular complexity index is 570. The van der Waals surface area contributed by atoms with Crippen molar-refractivity contribution in [2.45, 2.75) is 25.6 Å². The number of hydrogen-bond acceptors (Lipinski definition) is 3. The topological polar surface area (TPSA) is 32.5 Å². The van der Waals surface area contributed by atoms with Gasteiger partial charge in [-0.25, -0.2) is 0 Å². The predicted octanol–water partition coefficient (Wildman–Crippen LogP) is 2.72. The number of benzene rings is 2. The van der Waals surface area contributed by atoms with Crippen molar-refractivity contribution >= 4 is 0 Å². The lowest BCUT2D eigenvalue weighted by Gasteiger charge is -2.41. The van der Waals surface area contributed by atoms with Gasteiger partial charge in [0.1, 0.15) is 0 Å². The van der Waals surface area contributed by atoms with E-state index >= 15 is 0 Å². The number of rotatable bonds is 6. The largest absolute Gasteiger partial charge is 0.330 e. The maximum Gasteiger partial charge on any atom is 0.0239 e. The van der Waals surface area contributed by atoms with Crippen LogP contribution in [0.3, 0.4) is 0 Å². The summed E-state index contributed by atoms with van der Waals surface area (Å²) in [7, 11) is 0. The highest BCUT2D eigenvalue weighted by Gasteiger charge is 2.26. The van der Waals surface area contributed by atoms with E-state index in [-0.39, 0.29) is 0 Å². The van der Waals surface area contributed by atoms with Crippen LogP contribution in [0, 0.1) is 0 Å². The zero-order chi connectivity index (χ0) is 15.9. The summed E-state index contributed by atoms with van der Waals surface area (Å²) in [5.74, 6) is 0. The first kappa shape index (κ1) is 16.2. The first-order valence-electron chi connectivity index (χ1n) is 8.59. The molecule has 3 heteroatoms. The Hall–Kier alpha value is -1.68. The van der Waals surface area contributed by atoms with Gasteiger partial charge in [0.05, 0.1) is 0 Å². The maximum atomic E-state index is 5.87. The Morgan fingerprint density at radius 3 is 2.04 bits per heavy atom. The van der Waals surface area contributed by atoms with E-state index in [0.29, 0.717) is 6.04 Å². The van der Waals surface area contributed by atoms with Gasteiger partial charge < -0.3 is 5.73 Å². The van der Waals surface area contributed by atoms with Crippen LogP contribution in [0.25, 0.3) is 0 Å². The summed E-state index contributed by atoms with van der Waals surface area (Å²) >= 11 is 0. The molecule has 0 saturated carbocycles. The molecule has 1 heterocycles. The number of nitrogens with zero attached hydrogens (tertiary/aromatic N) is 2. The number of hydrogen-bond donors (Lipinski definition) is 1. The predicted molar refractivity (Wildman–Crippen MR) is 96.0 cm³/mol. The normalized spacial score (nSPS) is 19.8. The Labute approximate surface area is 139 Å². The fourth-order valence-electron chi connectivity index (χ4n) is 3.43. The van der Waals surface area contributed by atoms with Crippen LogP contribution >= 0.6 is 0 Å². The standard InChI is InChI=1S/C20H27N3/c21-12-11-20-17-22(15-18-7-3-1-4-8-18)13-14-23(20)16-19-9-5-2-6-10-19/h1-10,20H,11-17,21H2. The van der Waals surface area contributed by atoms with E-state index < -0.39 is 0 Å². The quantitative estimate of drug-likeness (QED) is 0.890. The Morgan fingerprint density at radius 1 is 0.826 bits per heavy atom. The lowest BCUT2D eigenvalue weighted by Crippen LogP contribution is -2.52. The molecule has 1 aliphatic heterocycles. The van der Waals surface area contributed by atoms with Gasteiger partial charge in [-0.15, -0.1) is 0 Å². The van der Waals surface area contributed by atoms with Crippen LogP contribution in [0.1, 0.15) is 17.5 Å². The second-order valence-electron chi connectivity index (χ2n) is 6.41. The summed E-state index contributed by atoms with van der Waals surface area (Å²) in [5.41, 5.74) is 8.66. The highest BCUT2D eigenvalue weighted by molar-refractivity contribution is 5.16. The fourth-order valence-corrected chi connectivity index (χ4v) is 3.43. The third-order valence-corrected chi connectivity index (χ3v) is 4.67. The molecule has 23 heavy (non-hydrogen) atoms. The molecular formula is C20H27N3. The molecule has 0 aromatic heterocycles. The summed E-state index contributed by atoms with van der Waals surface area (Å²) in [4.78, 5) is 5.17. The molecule has 1 saturated heterocycles. The van der Waals surface area contributed by atoms with Crippen molar-refractivity contribution in [2.75, 3.05) is 26.2 Å². The van der Waals surface area contributed by atoms with Gasteiger partial charge in [-0.05, 0) is 24.1 Å². The van der Waals surface area contributed by atoms with E-state index in [1.54, 1.807) is 0 Å². The van der Waals surface area contributed by atoms with Gasteiger partial charge in [-0.2, -0.15) is 0 Å². The van der Waals surface area contributed by atoms with Gasteiger partial charge in [-0.3, -0.25) is 9.80 Å². The van der Waals surface area contributed by atoms with Crippen LogP contribution in [0.4, 0.5) is 0 Å². The first-order chi connectivity index (χ1) is 11.3. The van der Waals surface area contributed by atoms with E-state index in [0.717, 1.165) is 45.7 Å². The SMILES string of the molecule is NCCC1CN(Cc2ccccc2)CCN1Cc1ccccc1. The Balaban J connectivity index is 1.61. The zero-order valence-electron chi connectivity index (χ0n) is 13.8. The first-order valence-corrected chi connectivity index (χ1v) is 8.59. The molecule has 3 rings (SSSR count). The van der Waals surface area contributed by atoms with Gasteiger partial charge in [0.15, 0.2) is 0 Å². The van der Waals surface area contributed by atoms with Crippen molar-refractivity contribution < 1.29 is 0 Å². The smallest absolute Gasteiger partial charge is 0.0239 e. The molecule has 0 amide bonds. The molecule has 1 aliphatic rings. The molecule has 1 unspecified atom stereocenters. The van der Waals surface area contributed by atoms with Crippen LogP contribution < -0.4 is 5.73 Å². The van der Waals surface area contributed by atoms with E-state index in [2.05, 4.69) is 70.5 Å². The average molecular weight is 309 g/mol. The van der Waals surface area contributed by atoms with Crippen molar-refractivity contribution in [3.8, 4) is 0 Å². The lowest BCUT2D eigenvalue weighted by molar-refractivity contribution is 0.0608. The van der Waals surface area contributed by atoms with Gasteiger partial charge in [-0.1, -0.05) is 60.7 Å². The highest BCUT2D eigenvalue weighted by atomic mass is 15.3. The third kappa shape index (κ3) is 4.64. The van der Waals surface area contributed by atoms with Gasteiger partial charge >= 0.3 is 0 Å². The van der Waals surface area contributed by atoms with Gasteiger partial charge in [0.2, 0.25) is 0 Å².